The molecule has 7 heterocycles. The zero-order chi connectivity index (χ0) is 43.6. The topological polar surface area (TPSA) is 94.7 Å². The summed E-state index contributed by atoms with van der Waals surface area (Å²) in [6.45, 7) is 0. The normalized spacial score (nSPS) is 11.6. The molecule has 12 bridgehead atoms. The van der Waals surface area contributed by atoms with Crippen molar-refractivity contribution in [2.24, 2.45) is 0 Å². The van der Waals surface area contributed by atoms with Crippen molar-refractivity contribution in [2.75, 3.05) is 0 Å². The number of aromatic amines is 6. The van der Waals surface area contributed by atoms with E-state index in [0.717, 1.165) is 135 Å². The highest BCUT2D eigenvalue weighted by Gasteiger charge is 2.20. The first-order valence-electron chi connectivity index (χ1n) is 22.4. The van der Waals surface area contributed by atoms with Gasteiger partial charge in [-0.2, -0.15) is 0 Å². The van der Waals surface area contributed by atoms with Gasteiger partial charge in [-0.05, 0) is 72.8 Å². The van der Waals surface area contributed by atoms with Gasteiger partial charge in [0, 0.05) is 135 Å². The Balaban J connectivity index is 0.978. The number of benzene rings is 6. The van der Waals surface area contributed by atoms with Gasteiger partial charge in [-0.15, -0.1) is 0 Å². The summed E-state index contributed by atoms with van der Waals surface area (Å²) in [5, 5.41) is 0. The predicted molar refractivity (Wildman–Crippen MR) is 271 cm³/mol. The Kier molecular flexibility index (Phi) is 8.74. The van der Waals surface area contributed by atoms with Gasteiger partial charge >= 0.3 is 0 Å². The molecule has 66 heavy (non-hydrogen) atoms. The summed E-state index contributed by atoms with van der Waals surface area (Å²) >= 11 is 0. The number of hydrogen-bond donors (Lipinski definition) is 6. The third-order valence-electron chi connectivity index (χ3n) is 13.2. The fourth-order valence-corrected chi connectivity index (χ4v) is 9.97. The molecule has 6 heteroatoms. The van der Waals surface area contributed by atoms with E-state index >= 15 is 0 Å². The van der Waals surface area contributed by atoms with Crippen LogP contribution in [0.4, 0.5) is 0 Å². The Morgan fingerprint density at radius 1 is 0.121 bits per heavy atom. The van der Waals surface area contributed by atoms with Gasteiger partial charge in [-0.3, -0.25) is 0 Å². The number of rotatable bonds is 0. The number of nitrogens with one attached hydrogen (secondary N) is 6. The summed E-state index contributed by atoms with van der Waals surface area (Å²) < 4.78 is 0. The number of hydrogen-bond acceptors (Lipinski definition) is 0. The van der Waals surface area contributed by atoms with Gasteiger partial charge in [-0.1, -0.05) is 146 Å². The summed E-state index contributed by atoms with van der Waals surface area (Å²) in [7, 11) is 0. The van der Waals surface area contributed by atoms with Crippen molar-refractivity contribution in [3.63, 3.8) is 0 Å². The Labute approximate surface area is 381 Å². The van der Waals surface area contributed by atoms with Gasteiger partial charge in [0.25, 0.3) is 0 Å². The van der Waals surface area contributed by atoms with Crippen LogP contribution in [-0.4, -0.2) is 29.9 Å². The highest BCUT2D eigenvalue weighted by Crippen LogP contribution is 2.42. The Morgan fingerprint density at radius 2 is 0.212 bits per heavy atom. The minimum absolute atomic E-state index is 1.05. The van der Waals surface area contributed by atoms with Crippen molar-refractivity contribution in [1.82, 2.24) is 29.9 Å². The molecule has 0 spiro atoms. The molecule has 312 valence electrons. The van der Waals surface area contributed by atoms with Gasteiger partial charge in [0.1, 0.15) is 0 Å². The van der Waals surface area contributed by atoms with Gasteiger partial charge in [-0.25, -0.2) is 0 Å². The van der Waals surface area contributed by atoms with E-state index in [-0.39, 0.29) is 0 Å². The van der Waals surface area contributed by atoms with Crippen LogP contribution in [0.15, 0.2) is 218 Å². The average Bonchev–Trinajstić information content (AvgIpc) is 4.25. The smallest absolute Gasteiger partial charge is 0.0465 e. The summed E-state index contributed by atoms with van der Waals surface area (Å²) in [4.78, 5) is 22.9. The molecule has 0 amide bonds. The zero-order valence-electron chi connectivity index (χ0n) is 35.8. The number of H-pyrrole nitrogens is 6. The van der Waals surface area contributed by atoms with Crippen molar-refractivity contribution in [1.29, 1.82) is 0 Å². The largest absolute Gasteiger partial charge is 0.355 e. The molecule has 6 N–H and O–H groups in total. The molecule has 12 aromatic rings. The Hall–Kier alpha value is -9.00. The molecule has 1 aliphatic rings. The van der Waals surface area contributed by atoms with Gasteiger partial charge in [0.05, 0.1) is 0 Å². The van der Waals surface area contributed by atoms with Crippen molar-refractivity contribution in [2.45, 2.75) is 0 Å². The van der Waals surface area contributed by atoms with Gasteiger partial charge in [0.2, 0.25) is 0 Å². The van der Waals surface area contributed by atoms with Crippen molar-refractivity contribution < 1.29 is 0 Å². The van der Waals surface area contributed by atoms with E-state index in [2.05, 4.69) is 248 Å². The molecule has 0 unspecified atom stereocenters. The van der Waals surface area contributed by atoms with Crippen molar-refractivity contribution in [3.05, 3.63) is 218 Å². The van der Waals surface area contributed by atoms with Crippen LogP contribution in [0.5, 0.6) is 0 Å². The van der Waals surface area contributed by atoms with Gasteiger partial charge in [0.15, 0.2) is 0 Å². The first-order valence-corrected chi connectivity index (χ1v) is 22.4. The highest BCUT2D eigenvalue weighted by molar-refractivity contribution is 5.91. The first kappa shape index (κ1) is 37.5. The minimum atomic E-state index is 1.05. The van der Waals surface area contributed by atoms with Crippen LogP contribution in [0, 0.1) is 0 Å². The lowest BCUT2D eigenvalue weighted by Gasteiger charge is -2.11. The second kappa shape index (κ2) is 15.4. The minimum Gasteiger partial charge on any atom is -0.355 e. The first-order chi connectivity index (χ1) is 32.7. The Morgan fingerprint density at radius 3 is 0.303 bits per heavy atom. The van der Waals surface area contributed by atoms with E-state index in [1.54, 1.807) is 0 Å². The lowest BCUT2D eigenvalue weighted by Crippen LogP contribution is -1.90. The summed E-state index contributed by atoms with van der Waals surface area (Å²) in [5.74, 6) is 0. The van der Waals surface area contributed by atoms with E-state index in [1.165, 1.54) is 0 Å². The van der Waals surface area contributed by atoms with Crippen LogP contribution in [0.25, 0.3) is 135 Å². The quantitative estimate of drug-likeness (QED) is 0.0877. The average molecular weight is 847 g/mol. The van der Waals surface area contributed by atoms with Crippen LogP contribution in [0.2, 0.25) is 0 Å². The Bertz CT molecular complexity index is 2880. The SMILES string of the molecule is c1ccc2c(c1)-c1ccc([nH]1)-c1ccccc1-c1ccc([nH]1)-c1ccccc1-c1ccc([nH]1)-c1ccccc1-c1ccc([nH]1)-c1ccccc1-c1ccc([nH]1)-c1ccccc1-c1ccc-2[nH]1. The second-order valence-electron chi connectivity index (χ2n) is 17.0. The molecule has 0 saturated carbocycles. The fourth-order valence-electron chi connectivity index (χ4n) is 9.97. The third kappa shape index (κ3) is 6.34. The maximum atomic E-state index is 3.81. The maximum Gasteiger partial charge on any atom is 0.0465 e. The lowest BCUT2D eigenvalue weighted by atomic mass is 10.0. The van der Waals surface area contributed by atoms with Crippen LogP contribution in [-0.2, 0) is 0 Å². The third-order valence-corrected chi connectivity index (χ3v) is 13.2. The summed E-state index contributed by atoms with van der Waals surface area (Å²) in [6, 6.07) is 78.0. The molecule has 1 aliphatic heterocycles. The van der Waals surface area contributed by atoms with Crippen LogP contribution in [0.3, 0.4) is 0 Å². The van der Waals surface area contributed by atoms with Crippen molar-refractivity contribution >= 4 is 0 Å². The molecular formula is C60H42N6. The molecule has 0 atom stereocenters. The van der Waals surface area contributed by atoms with Crippen LogP contribution >= 0.6 is 0 Å². The lowest BCUT2D eigenvalue weighted by molar-refractivity contribution is 1.34. The molecule has 0 saturated heterocycles. The van der Waals surface area contributed by atoms with Crippen molar-refractivity contribution in [3.8, 4) is 135 Å². The number of aromatic nitrogens is 6. The molecule has 13 rings (SSSR count). The van der Waals surface area contributed by atoms with Gasteiger partial charge < -0.3 is 29.9 Å². The van der Waals surface area contributed by atoms with E-state index in [4.69, 9.17) is 0 Å². The summed E-state index contributed by atoms with van der Waals surface area (Å²) in [6.07, 6.45) is 0. The van der Waals surface area contributed by atoms with E-state index in [1.807, 2.05) is 0 Å². The fraction of sp³-hybridized carbons (Fsp3) is 0. The molecule has 0 aliphatic carbocycles. The molecule has 6 nitrogen and oxygen atoms in total. The molecule has 0 radical (unpaired) electrons. The molecule has 6 aromatic heterocycles. The molecule has 0 fully saturated rings. The standard InChI is InChI=1S/C60H42N6/c1-2-14-38-37(13-1)49-25-26-51(61-49)39-15-3-4-16-40(39)53-29-30-55(63-53)43-19-7-8-20-44(43)57-33-34-59(65-57)47-23-11-12-24-48(47)60-36-35-58(66-60)46-22-10-9-21-45(46)56-32-31-54(64-56)42-18-6-5-17-41(42)52-28-27-50(38)62-52/h1-36,61-66H. The molecule has 6 aromatic carbocycles. The van der Waals surface area contributed by atoms with E-state index in [9.17, 15) is 0 Å². The van der Waals surface area contributed by atoms with E-state index < -0.39 is 0 Å². The predicted octanol–water partition coefficient (Wildman–Crippen LogP) is 16.0. The number of fused-ring (bicyclic) bond motifs is 30. The molecular weight excluding hydrogens is 805 g/mol. The van der Waals surface area contributed by atoms with E-state index in [0.29, 0.717) is 0 Å². The monoisotopic (exact) mass is 846 g/mol. The highest BCUT2D eigenvalue weighted by atomic mass is 14.8. The second-order valence-corrected chi connectivity index (χ2v) is 17.0. The van der Waals surface area contributed by atoms with Crippen LogP contribution < -0.4 is 0 Å². The van der Waals surface area contributed by atoms with Crippen LogP contribution in [0.1, 0.15) is 0 Å². The zero-order valence-corrected chi connectivity index (χ0v) is 35.8. The summed E-state index contributed by atoms with van der Waals surface area (Å²) in [5.41, 5.74) is 26.1. The maximum absolute atomic E-state index is 3.81.